The van der Waals surface area contributed by atoms with Crippen molar-refractivity contribution in [2.24, 2.45) is 0 Å². The number of carbonyl (C=O) groups is 2. The predicted octanol–water partition coefficient (Wildman–Crippen LogP) is 3.86. The van der Waals surface area contributed by atoms with Gasteiger partial charge in [0.2, 0.25) is 0 Å². The molecule has 0 bridgehead atoms. The highest BCUT2D eigenvalue weighted by atomic mass is 32.1. The number of aromatic carboxylic acids is 1. The van der Waals surface area contributed by atoms with Crippen molar-refractivity contribution in [3.63, 3.8) is 0 Å². The molecule has 1 amide bonds. The van der Waals surface area contributed by atoms with Crippen molar-refractivity contribution in [3.8, 4) is 0 Å². The lowest BCUT2D eigenvalue weighted by Crippen LogP contribution is -2.12. The SMILES string of the molecule is C.Cc1ccc(C(=O)O)cc1NC(=O)c1cnc(NC(C)C)s1. The lowest BCUT2D eigenvalue weighted by Gasteiger charge is -2.08. The van der Waals surface area contributed by atoms with E-state index in [9.17, 15) is 9.59 Å². The van der Waals surface area contributed by atoms with Crippen LogP contribution in [0.1, 0.15) is 46.9 Å². The van der Waals surface area contributed by atoms with Crippen LogP contribution >= 0.6 is 11.3 Å². The van der Waals surface area contributed by atoms with Gasteiger partial charge in [-0.25, -0.2) is 9.78 Å². The van der Waals surface area contributed by atoms with Crippen LogP contribution in [0, 0.1) is 6.92 Å². The first-order valence-corrected chi connectivity index (χ1v) is 7.56. The molecule has 0 atom stereocenters. The third kappa shape index (κ3) is 4.79. The highest BCUT2D eigenvalue weighted by Gasteiger charge is 2.14. The number of rotatable bonds is 5. The second-order valence-electron chi connectivity index (χ2n) is 5.12. The Morgan fingerprint density at radius 3 is 2.61 bits per heavy atom. The van der Waals surface area contributed by atoms with Gasteiger partial charge in [0, 0.05) is 11.7 Å². The van der Waals surface area contributed by atoms with E-state index in [1.165, 1.54) is 29.7 Å². The summed E-state index contributed by atoms with van der Waals surface area (Å²) in [6.07, 6.45) is 1.50. The van der Waals surface area contributed by atoms with Crippen LogP contribution in [0.2, 0.25) is 0 Å². The van der Waals surface area contributed by atoms with Crippen molar-refractivity contribution >= 4 is 34.0 Å². The maximum atomic E-state index is 12.2. The summed E-state index contributed by atoms with van der Waals surface area (Å²) in [5.74, 6) is -1.34. The van der Waals surface area contributed by atoms with E-state index in [-0.39, 0.29) is 24.9 Å². The van der Waals surface area contributed by atoms with Gasteiger partial charge in [-0.1, -0.05) is 24.8 Å². The molecule has 124 valence electrons. The quantitative estimate of drug-likeness (QED) is 0.772. The summed E-state index contributed by atoms with van der Waals surface area (Å²) in [4.78, 5) is 27.8. The van der Waals surface area contributed by atoms with Gasteiger partial charge in [-0.05, 0) is 38.5 Å². The third-order valence-corrected chi connectivity index (χ3v) is 3.80. The van der Waals surface area contributed by atoms with Gasteiger partial charge in [0.1, 0.15) is 4.88 Å². The Morgan fingerprint density at radius 2 is 2.00 bits per heavy atom. The van der Waals surface area contributed by atoms with Crippen LogP contribution in [0.4, 0.5) is 10.8 Å². The second-order valence-corrected chi connectivity index (χ2v) is 6.15. The summed E-state index contributed by atoms with van der Waals surface area (Å²) in [5.41, 5.74) is 1.41. The lowest BCUT2D eigenvalue weighted by atomic mass is 10.1. The number of hydrogen-bond acceptors (Lipinski definition) is 5. The van der Waals surface area contributed by atoms with Gasteiger partial charge in [-0.3, -0.25) is 4.79 Å². The van der Waals surface area contributed by atoms with Crippen LogP contribution in [0.15, 0.2) is 24.4 Å². The molecule has 0 aliphatic carbocycles. The number of amides is 1. The van der Waals surface area contributed by atoms with Crippen LogP contribution in [-0.2, 0) is 0 Å². The van der Waals surface area contributed by atoms with E-state index in [1.807, 2.05) is 13.8 Å². The molecule has 0 spiro atoms. The first-order chi connectivity index (χ1) is 10.4. The molecule has 7 heteroatoms. The van der Waals surface area contributed by atoms with Gasteiger partial charge in [-0.2, -0.15) is 0 Å². The molecule has 0 saturated carbocycles. The van der Waals surface area contributed by atoms with Crippen LogP contribution in [0.3, 0.4) is 0 Å². The number of aromatic nitrogens is 1. The molecule has 0 unspecified atom stereocenters. The lowest BCUT2D eigenvalue weighted by molar-refractivity contribution is 0.0696. The van der Waals surface area contributed by atoms with E-state index in [0.717, 1.165) is 5.56 Å². The molecule has 2 rings (SSSR count). The molecular formula is C16H21N3O3S. The number of hydrogen-bond donors (Lipinski definition) is 3. The predicted molar refractivity (Wildman–Crippen MR) is 93.7 cm³/mol. The molecule has 0 aliphatic heterocycles. The molecule has 0 radical (unpaired) electrons. The smallest absolute Gasteiger partial charge is 0.335 e. The standard InChI is InChI=1S/C15H17N3O3S.CH4/c1-8(2)17-15-16-7-12(22-15)13(19)18-11-6-10(14(20)21)5-4-9(11)3;/h4-8H,1-3H3,(H,16,17)(H,18,19)(H,20,21);1H4. The highest BCUT2D eigenvalue weighted by molar-refractivity contribution is 7.17. The van der Waals surface area contributed by atoms with E-state index >= 15 is 0 Å². The van der Waals surface area contributed by atoms with Gasteiger partial charge in [0.15, 0.2) is 5.13 Å². The van der Waals surface area contributed by atoms with E-state index < -0.39 is 5.97 Å². The molecule has 0 fully saturated rings. The van der Waals surface area contributed by atoms with Gasteiger partial charge in [-0.15, -0.1) is 0 Å². The van der Waals surface area contributed by atoms with E-state index in [1.54, 1.807) is 13.0 Å². The van der Waals surface area contributed by atoms with Gasteiger partial charge in [0.05, 0.1) is 11.8 Å². The number of benzene rings is 1. The number of carbonyl (C=O) groups excluding carboxylic acids is 1. The zero-order valence-electron chi connectivity index (χ0n) is 12.5. The topological polar surface area (TPSA) is 91.3 Å². The van der Waals surface area contributed by atoms with Crippen molar-refractivity contribution in [1.82, 2.24) is 4.98 Å². The number of aryl methyl sites for hydroxylation is 1. The molecule has 3 N–H and O–H groups in total. The fraction of sp³-hybridized carbons (Fsp3) is 0.312. The van der Waals surface area contributed by atoms with Crippen molar-refractivity contribution in [2.45, 2.75) is 34.2 Å². The van der Waals surface area contributed by atoms with Crippen molar-refractivity contribution in [2.75, 3.05) is 10.6 Å². The van der Waals surface area contributed by atoms with Crippen LogP contribution in [0.25, 0.3) is 0 Å². The zero-order valence-corrected chi connectivity index (χ0v) is 13.3. The number of nitrogens with one attached hydrogen (secondary N) is 2. The third-order valence-electron chi connectivity index (χ3n) is 2.87. The van der Waals surface area contributed by atoms with E-state index in [4.69, 9.17) is 5.11 Å². The van der Waals surface area contributed by atoms with Crippen molar-refractivity contribution < 1.29 is 14.7 Å². The Morgan fingerprint density at radius 1 is 1.30 bits per heavy atom. The van der Waals surface area contributed by atoms with Crippen LogP contribution < -0.4 is 10.6 Å². The normalized spacial score (nSPS) is 10.1. The first kappa shape index (κ1) is 18.6. The summed E-state index contributed by atoms with van der Waals surface area (Å²) in [6, 6.07) is 4.85. The average Bonchev–Trinajstić information content (AvgIpc) is 2.88. The fourth-order valence-corrected chi connectivity index (χ4v) is 2.62. The molecule has 6 nitrogen and oxygen atoms in total. The summed E-state index contributed by atoms with van der Waals surface area (Å²) < 4.78 is 0. The summed E-state index contributed by atoms with van der Waals surface area (Å²) >= 11 is 1.25. The molecule has 1 aromatic carbocycles. The molecule has 2 aromatic rings. The van der Waals surface area contributed by atoms with Gasteiger partial charge < -0.3 is 15.7 Å². The number of thiazole rings is 1. The Bertz CT molecular complexity index is 710. The number of carboxylic acids is 1. The van der Waals surface area contributed by atoms with Crippen molar-refractivity contribution in [3.05, 3.63) is 40.4 Å². The maximum absolute atomic E-state index is 12.2. The zero-order chi connectivity index (χ0) is 16.3. The van der Waals surface area contributed by atoms with Gasteiger partial charge >= 0.3 is 5.97 Å². The highest BCUT2D eigenvalue weighted by Crippen LogP contribution is 2.22. The summed E-state index contributed by atoms with van der Waals surface area (Å²) in [6.45, 7) is 5.78. The van der Waals surface area contributed by atoms with Crippen LogP contribution in [-0.4, -0.2) is 28.0 Å². The Labute approximate surface area is 139 Å². The largest absolute Gasteiger partial charge is 0.478 e. The molecule has 0 aliphatic rings. The number of nitrogens with zero attached hydrogens (tertiary/aromatic N) is 1. The monoisotopic (exact) mass is 335 g/mol. The Kier molecular flexibility index (Phi) is 6.27. The fourth-order valence-electron chi connectivity index (χ4n) is 1.77. The maximum Gasteiger partial charge on any atom is 0.335 e. The average molecular weight is 335 g/mol. The van der Waals surface area contributed by atoms with E-state index in [2.05, 4.69) is 15.6 Å². The molecule has 0 saturated heterocycles. The minimum absolute atomic E-state index is 0. The Hall–Kier alpha value is -2.41. The summed E-state index contributed by atoms with van der Waals surface area (Å²) in [7, 11) is 0. The minimum Gasteiger partial charge on any atom is -0.478 e. The number of carboxylic acid groups (broad SMARTS) is 1. The van der Waals surface area contributed by atoms with Crippen LogP contribution in [0.5, 0.6) is 0 Å². The van der Waals surface area contributed by atoms with Crippen molar-refractivity contribution in [1.29, 1.82) is 0 Å². The molecule has 23 heavy (non-hydrogen) atoms. The first-order valence-electron chi connectivity index (χ1n) is 6.74. The summed E-state index contributed by atoms with van der Waals surface area (Å²) in [5, 5.41) is 15.5. The van der Waals surface area contributed by atoms with Gasteiger partial charge in [0.25, 0.3) is 5.91 Å². The molecule has 1 heterocycles. The number of anilines is 2. The minimum atomic E-state index is -1.03. The van der Waals surface area contributed by atoms with E-state index in [0.29, 0.717) is 15.7 Å². The second kappa shape index (κ2) is 7.73. The molecular weight excluding hydrogens is 314 g/mol. The Balaban J connectivity index is 0.00000264. The molecule has 1 aromatic heterocycles.